The molecule has 0 radical (unpaired) electrons. The molecule has 0 bridgehead atoms. The first-order valence-corrected chi connectivity index (χ1v) is 6.67. The fraction of sp³-hybridized carbons (Fsp3) is 0.200. The van der Waals surface area contributed by atoms with Crippen LogP contribution in [0.15, 0.2) is 60.7 Å². The zero-order chi connectivity index (χ0) is 11.7. The number of hydrogen-bond donors (Lipinski definition) is 0. The van der Waals surface area contributed by atoms with Crippen molar-refractivity contribution in [1.29, 1.82) is 0 Å². The predicted octanol–water partition coefficient (Wildman–Crippen LogP) is 4.26. The summed E-state index contributed by atoms with van der Waals surface area (Å²) in [6.07, 6.45) is 0.487. The van der Waals surface area contributed by atoms with E-state index in [2.05, 4.69) is 64.5 Å². The highest BCUT2D eigenvalue weighted by molar-refractivity contribution is 9.09. The molecule has 0 spiro atoms. The standard InChI is InChI=1S/C15H13BrO/c16-13(11-7-3-1-4-8-11)15-14(17-15)12-9-5-2-6-10-12/h1-10,13-15H. The third-order valence-electron chi connectivity index (χ3n) is 3.06. The van der Waals surface area contributed by atoms with Crippen molar-refractivity contribution >= 4 is 15.9 Å². The van der Waals surface area contributed by atoms with Crippen LogP contribution >= 0.6 is 15.9 Å². The van der Waals surface area contributed by atoms with Gasteiger partial charge in [0.15, 0.2) is 0 Å². The van der Waals surface area contributed by atoms with Crippen LogP contribution in [0.5, 0.6) is 0 Å². The molecule has 1 heterocycles. The fourth-order valence-corrected chi connectivity index (χ4v) is 2.79. The molecule has 2 aromatic rings. The second kappa shape index (κ2) is 4.63. The molecular weight excluding hydrogens is 276 g/mol. The monoisotopic (exact) mass is 288 g/mol. The topological polar surface area (TPSA) is 12.5 Å². The van der Waals surface area contributed by atoms with E-state index < -0.39 is 0 Å². The lowest BCUT2D eigenvalue weighted by atomic mass is 10.0. The maximum Gasteiger partial charge on any atom is 0.111 e. The number of halogens is 1. The van der Waals surface area contributed by atoms with Gasteiger partial charge in [-0.25, -0.2) is 0 Å². The molecular formula is C15H13BrO. The van der Waals surface area contributed by atoms with Gasteiger partial charge in [-0.05, 0) is 11.1 Å². The van der Waals surface area contributed by atoms with Crippen LogP contribution in [0, 0.1) is 0 Å². The Morgan fingerprint density at radius 1 is 0.882 bits per heavy atom. The van der Waals surface area contributed by atoms with Gasteiger partial charge >= 0.3 is 0 Å². The SMILES string of the molecule is BrC(c1ccccc1)C1OC1c1ccccc1. The lowest BCUT2D eigenvalue weighted by Crippen LogP contribution is -1.99. The Morgan fingerprint density at radius 2 is 1.47 bits per heavy atom. The minimum absolute atomic E-state index is 0.237. The van der Waals surface area contributed by atoms with Crippen molar-refractivity contribution in [3.8, 4) is 0 Å². The number of rotatable bonds is 3. The van der Waals surface area contributed by atoms with Crippen LogP contribution in [-0.4, -0.2) is 6.10 Å². The van der Waals surface area contributed by atoms with Crippen LogP contribution in [0.2, 0.25) is 0 Å². The second-order valence-corrected chi connectivity index (χ2v) is 5.23. The van der Waals surface area contributed by atoms with Gasteiger partial charge in [-0.1, -0.05) is 76.6 Å². The first-order valence-electron chi connectivity index (χ1n) is 5.76. The molecule has 0 N–H and O–H groups in total. The van der Waals surface area contributed by atoms with Crippen LogP contribution in [0.4, 0.5) is 0 Å². The Bertz CT molecular complexity index is 483. The summed E-state index contributed by atoms with van der Waals surface area (Å²) in [6, 6.07) is 20.8. The van der Waals surface area contributed by atoms with Crippen molar-refractivity contribution < 1.29 is 4.74 Å². The van der Waals surface area contributed by atoms with E-state index in [0.717, 1.165) is 0 Å². The number of alkyl halides is 1. The Kier molecular flexibility index (Phi) is 3.00. The van der Waals surface area contributed by atoms with Crippen LogP contribution in [-0.2, 0) is 4.74 Å². The molecule has 1 nitrogen and oxygen atoms in total. The highest BCUT2D eigenvalue weighted by atomic mass is 79.9. The Hall–Kier alpha value is -1.12. The largest absolute Gasteiger partial charge is 0.363 e. The number of ether oxygens (including phenoxy) is 1. The summed E-state index contributed by atoms with van der Waals surface area (Å²) in [5, 5.41) is 0. The molecule has 0 amide bonds. The lowest BCUT2D eigenvalue weighted by Gasteiger charge is -2.06. The van der Waals surface area contributed by atoms with Crippen LogP contribution < -0.4 is 0 Å². The average molecular weight is 289 g/mol. The third kappa shape index (κ3) is 2.28. The molecule has 17 heavy (non-hydrogen) atoms. The van der Waals surface area contributed by atoms with Crippen molar-refractivity contribution in [2.24, 2.45) is 0 Å². The summed E-state index contributed by atoms with van der Waals surface area (Å²) >= 11 is 3.73. The summed E-state index contributed by atoms with van der Waals surface area (Å²) in [5.41, 5.74) is 2.54. The fourth-order valence-electron chi connectivity index (χ4n) is 2.08. The van der Waals surface area contributed by atoms with E-state index in [0.29, 0.717) is 0 Å². The van der Waals surface area contributed by atoms with Gasteiger partial charge in [0.25, 0.3) is 0 Å². The summed E-state index contributed by atoms with van der Waals surface area (Å²) in [7, 11) is 0. The second-order valence-electron chi connectivity index (χ2n) is 4.24. The van der Waals surface area contributed by atoms with Crippen molar-refractivity contribution in [3.05, 3.63) is 71.8 Å². The van der Waals surface area contributed by atoms with E-state index in [4.69, 9.17) is 4.74 Å². The minimum atomic E-state index is 0.237. The Morgan fingerprint density at radius 3 is 2.12 bits per heavy atom. The predicted molar refractivity (Wildman–Crippen MR) is 72.2 cm³/mol. The number of epoxide rings is 1. The van der Waals surface area contributed by atoms with Gasteiger partial charge in [-0.3, -0.25) is 0 Å². The van der Waals surface area contributed by atoms with Crippen molar-refractivity contribution in [2.75, 3.05) is 0 Å². The minimum Gasteiger partial charge on any atom is -0.363 e. The molecule has 1 fully saturated rings. The van der Waals surface area contributed by atoms with E-state index in [9.17, 15) is 0 Å². The first-order chi connectivity index (χ1) is 8.36. The van der Waals surface area contributed by atoms with Gasteiger partial charge in [0.1, 0.15) is 12.2 Å². The number of hydrogen-bond acceptors (Lipinski definition) is 1. The summed E-state index contributed by atoms with van der Waals surface area (Å²) in [6.45, 7) is 0. The molecule has 1 saturated heterocycles. The maximum absolute atomic E-state index is 5.77. The molecule has 1 aliphatic heterocycles. The molecule has 2 aromatic carbocycles. The van der Waals surface area contributed by atoms with Crippen LogP contribution in [0.1, 0.15) is 22.1 Å². The van der Waals surface area contributed by atoms with E-state index in [1.807, 2.05) is 12.1 Å². The van der Waals surface area contributed by atoms with E-state index >= 15 is 0 Å². The smallest absolute Gasteiger partial charge is 0.111 e. The summed E-state index contributed by atoms with van der Waals surface area (Å²) < 4.78 is 5.77. The zero-order valence-electron chi connectivity index (χ0n) is 9.29. The Labute approximate surface area is 110 Å². The highest BCUT2D eigenvalue weighted by Crippen LogP contribution is 2.49. The van der Waals surface area contributed by atoms with Crippen molar-refractivity contribution in [1.82, 2.24) is 0 Å². The van der Waals surface area contributed by atoms with Gasteiger partial charge in [0, 0.05) is 0 Å². The van der Waals surface area contributed by atoms with Crippen molar-refractivity contribution in [3.63, 3.8) is 0 Å². The van der Waals surface area contributed by atoms with Gasteiger partial charge in [-0.2, -0.15) is 0 Å². The molecule has 2 heteroatoms. The van der Waals surface area contributed by atoms with Crippen LogP contribution in [0.25, 0.3) is 0 Å². The Balaban J connectivity index is 1.73. The van der Waals surface area contributed by atoms with Gasteiger partial charge in [0.05, 0.1) is 4.83 Å². The summed E-state index contributed by atoms with van der Waals surface area (Å²) in [4.78, 5) is 0.272. The van der Waals surface area contributed by atoms with E-state index in [1.165, 1.54) is 11.1 Å². The molecule has 3 rings (SSSR count). The van der Waals surface area contributed by atoms with Crippen LogP contribution in [0.3, 0.4) is 0 Å². The molecule has 0 aromatic heterocycles. The molecule has 86 valence electrons. The number of benzene rings is 2. The average Bonchev–Trinajstić information content (AvgIpc) is 3.20. The normalized spacial score (nSPS) is 24.3. The van der Waals surface area contributed by atoms with E-state index in [1.54, 1.807) is 0 Å². The van der Waals surface area contributed by atoms with Gasteiger partial charge < -0.3 is 4.74 Å². The third-order valence-corrected chi connectivity index (χ3v) is 4.11. The van der Waals surface area contributed by atoms with Gasteiger partial charge in [-0.15, -0.1) is 0 Å². The van der Waals surface area contributed by atoms with Crippen molar-refractivity contribution in [2.45, 2.75) is 17.0 Å². The molecule has 3 atom stereocenters. The molecule has 0 aliphatic carbocycles. The van der Waals surface area contributed by atoms with E-state index in [-0.39, 0.29) is 17.0 Å². The zero-order valence-corrected chi connectivity index (χ0v) is 10.9. The first kappa shape index (κ1) is 11.0. The molecule has 0 saturated carbocycles. The highest BCUT2D eigenvalue weighted by Gasteiger charge is 2.45. The molecule has 1 aliphatic rings. The molecule has 3 unspecified atom stereocenters. The lowest BCUT2D eigenvalue weighted by molar-refractivity contribution is 0.372. The summed E-state index contributed by atoms with van der Waals surface area (Å²) in [5.74, 6) is 0. The quantitative estimate of drug-likeness (QED) is 0.607. The van der Waals surface area contributed by atoms with Gasteiger partial charge in [0.2, 0.25) is 0 Å². The maximum atomic E-state index is 5.77.